The van der Waals surface area contributed by atoms with Gasteiger partial charge >= 0.3 is 0 Å². The third-order valence-electron chi connectivity index (χ3n) is 4.78. The second-order valence-electron chi connectivity index (χ2n) is 6.65. The van der Waals surface area contributed by atoms with Crippen LogP contribution in [0, 0.1) is 0 Å². The molecule has 1 aliphatic carbocycles. The molecule has 0 amide bonds. The van der Waals surface area contributed by atoms with Crippen LogP contribution in [0.4, 0.5) is 0 Å². The van der Waals surface area contributed by atoms with Crippen molar-refractivity contribution in [2.45, 2.75) is 38.5 Å². The number of rotatable bonds is 6. The zero-order valence-electron chi connectivity index (χ0n) is 15.4. The minimum Gasteiger partial charge on any atom is -0.490 e. The number of hydrogen-bond acceptors (Lipinski definition) is 2. The van der Waals surface area contributed by atoms with Gasteiger partial charge in [-0.3, -0.25) is 4.99 Å². The molecule has 25 heavy (non-hydrogen) atoms. The summed E-state index contributed by atoms with van der Waals surface area (Å²) in [7, 11) is 5.94. The van der Waals surface area contributed by atoms with E-state index in [2.05, 4.69) is 70.4 Å². The molecule has 2 aromatic rings. The van der Waals surface area contributed by atoms with Gasteiger partial charge in [-0.15, -0.1) is 0 Å². The molecule has 1 aromatic heterocycles. The van der Waals surface area contributed by atoms with E-state index in [9.17, 15) is 0 Å². The smallest absolute Gasteiger partial charge is 0.194 e. The number of aryl methyl sites for hydroxylation is 1. The molecule has 1 aliphatic rings. The normalized spacial score (nSPS) is 14.9. The highest BCUT2D eigenvalue weighted by atomic mass is 16.5. The fourth-order valence-corrected chi connectivity index (χ4v) is 2.97. The number of hydrogen-bond donors (Lipinski definition) is 1. The van der Waals surface area contributed by atoms with Crippen molar-refractivity contribution >= 4 is 5.96 Å². The standard InChI is InChI=1S/C20H28N4O/c1-21-20(24(3)15-17-9-7-13-23(17)2)22-14-16-8-4-5-12-19(16)25-18-10-6-11-18/h4-5,7-9,12-13,18H,6,10-11,14-15H2,1-3H3,(H,21,22). The van der Waals surface area contributed by atoms with E-state index in [1.165, 1.54) is 30.5 Å². The molecule has 5 heteroatoms. The molecule has 3 rings (SSSR count). The fraction of sp³-hybridized carbons (Fsp3) is 0.450. The molecule has 1 saturated carbocycles. The first-order chi connectivity index (χ1) is 12.2. The van der Waals surface area contributed by atoms with Crippen molar-refractivity contribution in [3.63, 3.8) is 0 Å². The lowest BCUT2D eigenvalue weighted by molar-refractivity contribution is 0.119. The van der Waals surface area contributed by atoms with E-state index in [0.717, 1.165) is 18.3 Å². The highest BCUT2D eigenvalue weighted by Gasteiger charge is 2.20. The average Bonchev–Trinajstić information content (AvgIpc) is 2.97. The Labute approximate surface area is 150 Å². The number of ether oxygens (including phenoxy) is 1. The van der Waals surface area contributed by atoms with E-state index in [4.69, 9.17) is 4.74 Å². The van der Waals surface area contributed by atoms with Crippen molar-refractivity contribution < 1.29 is 4.74 Å². The molecule has 1 N–H and O–H groups in total. The van der Waals surface area contributed by atoms with E-state index in [-0.39, 0.29) is 0 Å². The molecule has 0 saturated heterocycles. The maximum Gasteiger partial charge on any atom is 0.194 e. The van der Waals surface area contributed by atoms with E-state index in [1.54, 1.807) is 0 Å². The van der Waals surface area contributed by atoms with Crippen LogP contribution in [0.5, 0.6) is 5.75 Å². The van der Waals surface area contributed by atoms with E-state index in [1.807, 2.05) is 13.1 Å². The summed E-state index contributed by atoms with van der Waals surface area (Å²) in [6.07, 6.45) is 6.07. The zero-order valence-corrected chi connectivity index (χ0v) is 15.4. The fourth-order valence-electron chi connectivity index (χ4n) is 2.97. The van der Waals surface area contributed by atoms with Crippen molar-refractivity contribution in [3.05, 3.63) is 53.9 Å². The van der Waals surface area contributed by atoms with Gasteiger partial charge in [0.25, 0.3) is 0 Å². The largest absolute Gasteiger partial charge is 0.490 e. The maximum atomic E-state index is 6.11. The number of aliphatic imine (C=N–C) groups is 1. The molecule has 0 unspecified atom stereocenters. The predicted octanol–water partition coefficient (Wildman–Crippen LogP) is 3.16. The Balaban J connectivity index is 1.60. The molecular weight excluding hydrogens is 312 g/mol. The Bertz CT molecular complexity index is 718. The Hall–Kier alpha value is -2.43. The van der Waals surface area contributed by atoms with Crippen LogP contribution in [-0.4, -0.2) is 35.6 Å². The lowest BCUT2D eigenvalue weighted by atomic mass is 9.96. The Morgan fingerprint density at radius 3 is 2.72 bits per heavy atom. The SMILES string of the molecule is CN=C(NCc1ccccc1OC1CCC1)N(C)Cc1cccn1C. The number of guanidine groups is 1. The molecular formula is C20H28N4O. The summed E-state index contributed by atoms with van der Waals surface area (Å²) >= 11 is 0. The molecule has 0 bridgehead atoms. The Morgan fingerprint density at radius 2 is 2.08 bits per heavy atom. The van der Waals surface area contributed by atoms with E-state index >= 15 is 0 Å². The highest BCUT2D eigenvalue weighted by molar-refractivity contribution is 5.79. The summed E-state index contributed by atoms with van der Waals surface area (Å²) in [6, 6.07) is 12.5. The molecule has 1 aromatic carbocycles. The number of para-hydroxylation sites is 1. The van der Waals surface area contributed by atoms with Crippen LogP contribution in [0.1, 0.15) is 30.5 Å². The molecule has 0 atom stereocenters. The highest BCUT2D eigenvalue weighted by Crippen LogP contribution is 2.27. The Morgan fingerprint density at radius 1 is 1.28 bits per heavy atom. The summed E-state index contributed by atoms with van der Waals surface area (Å²) in [6.45, 7) is 1.51. The summed E-state index contributed by atoms with van der Waals surface area (Å²) in [4.78, 5) is 6.54. The van der Waals surface area contributed by atoms with Crippen molar-refractivity contribution in [1.82, 2.24) is 14.8 Å². The zero-order chi connectivity index (χ0) is 17.6. The summed E-state index contributed by atoms with van der Waals surface area (Å²) < 4.78 is 8.24. The van der Waals surface area contributed by atoms with Crippen molar-refractivity contribution in [1.29, 1.82) is 0 Å². The van der Waals surface area contributed by atoms with Crippen LogP contribution in [0.15, 0.2) is 47.6 Å². The molecule has 5 nitrogen and oxygen atoms in total. The predicted molar refractivity (Wildman–Crippen MR) is 102 cm³/mol. The van der Waals surface area contributed by atoms with Crippen LogP contribution in [0.25, 0.3) is 0 Å². The summed E-state index contributed by atoms with van der Waals surface area (Å²) in [5, 5.41) is 3.45. The van der Waals surface area contributed by atoms with Crippen molar-refractivity contribution in [2.24, 2.45) is 12.0 Å². The van der Waals surface area contributed by atoms with Gasteiger partial charge in [0.05, 0.1) is 12.6 Å². The first-order valence-electron chi connectivity index (χ1n) is 8.94. The second kappa shape index (κ2) is 8.10. The number of aromatic nitrogens is 1. The Kier molecular flexibility index (Phi) is 5.64. The van der Waals surface area contributed by atoms with Crippen LogP contribution in [-0.2, 0) is 20.1 Å². The van der Waals surface area contributed by atoms with Gasteiger partial charge in [0, 0.05) is 45.1 Å². The third kappa shape index (κ3) is 4.35. The molecule has 0 aliphatic heterocycles. The summed E-state index contributed by atoms with van der Waals surface area (Å²) in [5.41, 5.74) is 2.42. The van der Waals surface area contributed by atoms with Gasteiger partial charge in [-0.1, -0.05) is 18.2 Å². The van der Waals surface area contributed by atoms with Crippen LogP contribution < -0.4 is 10.1 Å². The van der Waals surface area contributed by atoms with Gasteiger partial charge in [-0.05, 0) is 37.5 Å². The minimum atomic E-state index is 0.389. The number of nitrogens with zero attached hydrogens (tertiary/aromatic N) is 3. The molecule has 134 valence electrons. The molecule has 0 radical (unpaired) electrons. The minimum absolute atomic E-state index is 0.389. The summed E-state index contributed by atoms with van der Waals surface area (Å²) in [5.74, 6) is 1.86. The maximum absolute atomic E-state index is 6.11. The van der Waals surface area contributed by atoms with Crippen LogP contribution in [0.3, 0.4) is 0 Å². The van der Waals surface area contributed by atoms with Crippen LogP contribution in [0.2, 0.25) is 0 Å². The lowest BCUT2D eigenvalue weighted by Gasteiger charge is -2.28. The second-order valence-corrected chi connectivity index (χ2v) is 6.65. The van der Waals surface area contributed by atoms with E-state index in [0.29, 0.717) is 12.6 Å². The van der Waals surface area contributed by atoms with Gasteiger partial charge in [0.1, 0.15) is 5.75 Å². The molecule has 0 spiro atoms. The van der Waals surface area contributed by atoms with Gasteiger partial charge < -0.3 is 19.5 Å². The van der Waals surface area contributed by atoms with Gasteiger partial charge in [0.15, 0.2) is 5.96 Å². The monoisotopic (exact) mass is 340 g/mol. The van der Waals surface area contributed by atoms with Gasteiger partial charge in [-0.25, -0.2) is 0 Å². The first-order valence-corrected chi connectivity index (χ1v) is 8.94. The lowest BCUT2D eigenvalue weighted by Crippen LogP contribution is -2.38. The number of nitrogens with one attached hydrogen (secondary N) is 1. The topological polar surface area (TPSA) is 41.8 Å². The average molecular weight is 340 g/mol. The van der Waals surface area contributed by atoms with Crippen molar-refractivity contribution in [2.75, 3.05) is 14.1 Å². The van der Waals surface area contributed by atoms with Crippen LogP contribution >= 0.6 is 0 Å². The van der Waals surface area contributed by atoms with Gasteiger partial charge in [-0.2, -0.15) is 0 Å². The van der Waals surface area contributed by atoms with Gasteiger partial charge in [0.2, 0.25) is 0 Å². The first kappa shape index (κ1) is 17.4. The third-order valence-corrected chi connectivity index (χ3v) is 4.78. The number of benzene rings is 1. The quantitative estimate of drug-likeness (QED) is 0.649. The molecule has 1 heterocycles. The van der Waals surface area contributed by atoms with E-state index < -0.39 is 0 Å². The molecule has 1 fully saturated rings. The van der Waals surface area contributed by atoms with Crippen molar-refractivity contribution in [3.8, 4) is 5.75 Å².